The maximum absolute atomic E-state index is 9.48. The van der Waals surface area contributed by atoms with E-state index in [2.05, 4.69) is 10.3 Å². The van der Waals surface area contributed by atoms with Gasteiger partial charge in [-0.2, -0.15) is 0 Å². The van der Waals surface area contributed by atoms with Crippen LogP contribution in [-0.2, 0) is 0 Å². The lowest BCUT2D eigenvalue weighted by Crippen LogP contribution is -2.42. The molecular formula is C10H15ClN2O. The first kappa shape index (κ1) is 11.3. The van der Waals surface area contributed by atoms with E-state index >= 15 is 0 Å². The van der Waals surface area contributed by atoms with Crippen molar-refractivity contribution >= 4 is 17.4 Å². The van der Waals surface area contributed by atoms with Crippen LogP contribution in [-0.4, -0.2) is 21.7 Å². The molecule has 1 aromatic heterocycles. The lowest BCUT2D eigenvalue weighted by atomic mass is 9.99. The summed E-state index contributed by atoms with van der Waals surface area (Å²) in [6.45, 7) is 5.56. The van der Waals surface area contributed by atoms with E-state index in [0.717, 1.165) is 0 Å². The molecule has 0 bridgehead atoms. The lowest BCUT2D eigenvalue weighted by Gasteiger charge is -2.29. The van der Waals surface area contributed by atoms with Crippen LogP contribution >= 0.6 is 11.6 Å². The van der Waals surface area contributed by atoms with E-state index in [-0.39, 0.29) is 0 Å². The van der Waals surface area contributed by atoms with E-state index in [1.807, 2.05) is 13.8 Å². The highest BCUT2D eigenvalue weighted by atomic mass is 35.5. The van der Waals surface area contributed by atoms with Crippen molar-refractivity contribution in [3.05, 3.63) is 23.4 Å². The molecule has 78 valence electrons. The van der Waals surface area contributed by atoms with Crippen molar-refractivity contribution in [1.82, 2.24) is 4.98 Å². The predicted octanol–water partition coefficient (Wildman–Crippen LogP) is 2.31. The van der Waals surface area contributed by atoms with E-state index in [1.54, 1.807) is 25.3 Å². The molecule has 0 aliphatic heterocycles. The van der Waals surface area contributed by atoms with Gasteiger partial charge in [0.2, 0.25) is 0 Å². The predicted molar refractivity (Wildman–Crippen MR) is 58.6 cm³/mol. The molecule has 0 saturated heterocycles. The third-order valence-corrected chi connectivity index (χ3v) is 2.45. The maximum atomic E-state index is 9.48. The third-order valence-electron chi connectivity index (χ3n) is 2.22. The lowest BCUT2D eigenvalue weighted by molar-refractivity contribution is 0.133. The Morgan fingerprint density at radius 1 is 1.50 bits per heavy atom. The molecule has 1 rings (SSSR count). The summed E-state index contributed by atoms with van der Waals surface area (Å²) in [6, 6.07) is 3.54. The average molecular weight is 215 g/mol. The summed E-state index contributed by atoms with van der Waals surface area (Å²) < 4.78 is 0. The molecule has 0 saturated carbocycles. The Hall–Kier alpha value is -0.800. The number of pyridine rings is 1. The number of nitrogens with zero attached hydrogens (tertiary/aromatic N) is 1. The summed E-state index contributed by atoms with van der Waals surface area (Å²) >= 11 is 5.71. The number of halogens is 1. The van der Waals surface area contributed by atoms with Gasteiger partial charge in [0.25, 0.3) is 0 Å². The van der Waals surface area contributed by atoms with Crippen LogP contribution in [0.15, 0.2) is 18.3 Å². The van der Waals surface area contributed by atoms with Crippen LogP contribution in [0.5, 0.6) is 0 Å². The third kappa shape index (κ3) is 2.86. The largest absolute Gasteiger partial charge is 0.391 e. The SMILES string of the molecule is CC(O)C(C)(C)Nc1ccc(Cl)cn1. The highest BCUT2D eigenvalue weighted by molar-refractivity contribution is 6.30. The number of aliphatic hydroxyl groups excluding tert-OH is 1. The maximum Gasteiger partial charge on any atom is 0.126 e. The zero-order valence-corrected chi connectivity index (χ0v) is 9.34. The number of nitrogens with one attached hydrogen (secondary N) is 1. The monoisotopic (exact) mass is 214 g/mol. The zero-order chi connectivity index (χ0) is 10.8. The fourth-order valence-corrected chi connectivity index (χ4v) is 0.996. The molecule has 14 heavy (non-hydrogen) atoms. The Kier molecular flexibility index (Phi) is 3.34. The molecule has 1 atom stereocenters. The van der Waals surface area contributed by atoms with Gasteiger partial charge in [0.05, 0.1) is 16.7 Å². The Morgan fingerprint density at radius 3 is 2.57 bits per heavy atom. The van der Waals surface area contributed by atoms with Gasteiger partial charge in [0, 0.05) is 6.20 Å². The van der Waals surface area contributed by atoms with E-state index in [4.69, 9.17) is 11.6 Å². The average Bonchev–Trinajstić information content (AvgIpc) is 2.08. The van der Waals surface area contributed by atoms with E-state index in [1.165, 1.54) is 0 Å². The molecular weight excluding hydrogens is 200 g/mol. The van der Waals surface area contributed by atoms with Gasteiger partial charge < -0.3 is 10.4 Å². The zero-order valence-electron chi connectivity index (χ0n) is 8.58. The molecule has 0 fully saturated rings. The van der Waals surface area contributed by atoms with Crippen LogP contribution in [0.25, 0.3) is 0 Å². The molecule has 0 radical (unpaired) electrons. The number of hydrogen-bond donors (Lipinski definition) is 2. The van der Waals surface area contributed by atoms with Crippen molar-refractivity contribution in [2.75, 3.05) is 5.32 Å². The standard InChI is InChI=1S/C10H15ClN2O/c1-7(14)10(2,3)13-9-5-4-8(11)6-12-9/h4-7,14H,1-3H3,(H,12,13). The second-order valence-corrected chi connectivity index (χ2v) is 4.32. The minimum absolute atomic E-state index is 0.402. The van der Waals surface area contributed by atoms with Crippen LogP contribution in [0.1, 0.15) is 20.8 Å². The molecule has 1 heterocycles. The summed E-state index contributed by atoms with van der Waals surface area (Å²) in [5.41, 5.74) is -0.402. The van der Waals surface area contributed by atoms with Gasteiger partial charge in [-0.3, -0.25) is 0 Å². The molecule has 0 spiro atoms. The van der Waals surface area contributed by atoms with E-state index in [9.17, 15) is 5.11 Å². The second kappa shape index (κ2) is 4.15. The highest BCUT2D eigenvalue weighted by Gasteiger charge is 2.23. The quantitative estimate of drug-likeness (QED) is 0.812. The molecule has 0 amide bonds. The van der Waals surface area contributed by atoms with E-state index in [0.29, 0.717) is 10.8 Å². The van der Waals surface area contributed by atoms with Crippen molar-refractivity contribution in [3.63, 3.8) is 0 Å². The van der Waals surface area contributed by atoms with Crippen molar-refractivity contribution in [2.45, 2.75) is 32.4 Å². The van der Waals surface area contributed by atoms with Crippen molar-refractivity contribution in [1.29, 1.82) is 0 Å². The van der Waals surface area contributed by atoms with E-state index < -0.39 is 11.6 Å². The van der Waals surface area contributed by atoms with Crippen LogP contribution in [0.4, 0.5) is 5.82 Å². The summed E-state index contributed by atoms with van der Waals surface area (Å²) in [7, 11) is 0. The highest BCUT2D eigenvalue weighted by Crippen LogP contribution is 2.17. The smallest absolute Gasteiger partial charge is 0.126 e. The summed E-state index contributed by atoms with van der Waals surface area (Å²) in [4.78, 5) is 4.09. The fraction of sp³-hybridized carbons (Fsp3) is 0.500. The summed E-state index contributed by atoms with van der Waals surface area (Å²) in [5, 5.41) is 13.2. The van der Waals surface area contributed by atoms with Crippen LogP contribution < -0.4 is 5.32 Å². The van der Waals surface area contributed by atoms with Crippen LogP contribution in [0.2, 0.25) is 5.02 Å². The molecule has 0 aliphatic carbocycles. The Balaban J connectivity index is 2.74. The summed E-state index contributed by atoms with van der Waals surface area (Å²) in [6.07, 6.45) is 1.11. The first-order chi connectivity index (χ1) is 6.42. The Morgan fingerprint density at radius 2 is 2.14 bits per heavy atom. The van der Waals surface area contributed by atoms with Crippen molar-refractivity contribution < 1.29 is 5.11 Å². The molecule has 4 heteroatoms. The normalized spacial score (nSPS) is 13.8. The van der Waals surface area contributed by atoms with Gasteiger partial charge in [-0.05, 0) is 32.9 Å². The number of anilines is 1. The minimum Gasteiger partial charge on any atom is -0.391 e. The number of aliphatic hydroxyl groups is 1. The van der Waals surface area contributed by atoms with Gasteiger partial charge >= 0.3 is 0 Å². The molecule has 1 aromatic rings. The van der Waals surface area contributed by atoms with Gasteiger partial charge in [-0.25, -0.2) is 4.98 Å². The topological polar surface area (TPSA) is 45.1 Å². The first-order valence-corrected chi connectivity index (χ1v) is 4.87. The Bertz CT molecular complexity index is 295. The van der Waals surface area contributed by atoms with Crippen LogP contribution in [0, 0.1) is 0 Å². The van der Waals surface area contributed by atoms with Gasteiger partial charge in [0.15, 0.2) is 0 Å². The molecule has 1 unspecified atom stereocenters. The van der Waals surface area contributed by atoms with Gasteiger partial charge in [0.1, 0.15) is 5.82 Å². The number of rotatable bonds is 3. The van der Waals surface area contributed by atoms with Crippen molar-refractivity contribution in [3.8, 4) is 0 Å². The Labute approximate surface area is 89.1 Å². The minimum atomic E-state index is -0.458. The van der Waals surface area contributed by atoms with Gasteiger partial charge in [-0.1, -0.05) is 11.6 Å². The molecule has 3 nitrogen and oxygen atoms in total. The number of hydrogen-bond acceptors (Lipinski definition) is 3. The fourth-order valence-electron chi connectivity index (χ4n) is 0.884. The summed E-state index contributed by atoms with van der Waals surface area (Å²) in [5.74, 6) is 0.709. The first-order valence-electron chi connectivity index (χ1n) is 4.49. The number of aromatic nitrogens is 1. The van der Waals surface area contributed by atoms with Gasteiger partial charge in [-0.15, -0.1) is 0 Å². The molecule has 0 aromatic carbocycles. The van der Waals surface area contributed by atoms with Crippen LogP contribution in [0.3, 0.4) is 0 Å². The molecule has 0 aliphatic rings. The van der Waals surface area contributed by atoms with Crippen molar-refractivity contribution in [2.24, 2.45) is 0 Å². The molecule has 2 N–H and O–H groups in total. The second-order valence-electron chi connectivity index (χ2n) is 3.88.